The Morgan fingerprint density at radius 3 is 2.67 bits per heavy atom. The van der Waals surface area contributed by atoms with Crippen molar-refractivity contribution in [3.05, 3.63) is 0 Å². The van der Waals surface area contributed by atoms with Crippen molar-refractivity contribution in [2.75, 3.05) is 6.54 Å². The van der Waals surface area contributed by atoms with Gasteiger partial charge < -0.3 is 4.90 Å². The van der Waals surface area contributed by atoms with Crippen LogP contribution < -0.4 is 0 Å². The molecule has 1 fully saturated rings. The van der Waals surface area contributed by atoms with Crippen LogP contribution in [0.15, 0.2) is 0 Å². The molecule has 0 aromatic carbocycles. The highest BCUT2D eigenvalue weighted by Crippen LogP contribution is 2.31. The number of rotatable bonds is 0. The Labute approximate surface area is 68.6 Å². The van der Waals surface area contributed by atoms with Crippen LogP contribution in [0.2, 0.25) is 0 Å². The normalized spacial score (nSPS) is 26.8. The number of carbonyl (C=O) groups is 1. The predicted octanol–water partition coefficient (Wildman–Crippen LogP) is 0.766. The first-order valence-electron chi connectivity index (χ1n) is 3.51. The SMILES string of the molecule is CC(=O)N1CC(F)(F)CC1C#N. The Balaban J connectivity index is 2.78. The minimum atomic E-state index is -2.90. The van der Waals surface area contributed by atoms with E-state index < -0.39 is 30.8 Å². The molecule has 0 N–H and O–H groups in total. The molecule has 3 nitrogen and oxygen atoms in total. The fourth-order valence-corrected chi connectivity index (χ4v) is 1.26. The standard InChI is InChI=1S/C7H8F2N2O/c1-5(12)11-4-7(8,9)2-6(11)3-10/h6H,2,4H2,1H3. The van der Waals surface area contributed by atoms with E-state index in [1.807, 2.05) is 0 Å². The second-order valence-corrected chi connectivity index (χ2v) is 2.85. The van der Waals surface area contributed by atoms with Gasteiger partial charge in [-0.2, -0.15) is 5.26 Å². The molecule has 0 radical (unpaired) electrons. The molecule has 66 valence electrons. The van der Waals surface area contributed by atoms with Gasteiger partial charge in [0, 0.05) is 13.3 Å². The maximum Gasteiger partial charge on any atom is 0.268 e. The maximum absolute atomic E-state index is 12.6. The second kappa shape index (κ2) is 2.70. The summed E-state index contributed by atoms with van der Waals surface area (Å²) in [5.41, 5.74) is 0. The van der Waals surface area contributed by atoms with Gasteiger partial charge in [-0.15, -0.1) is 0 Å². The Morgan fingerprint density at radius 1 is 1.75 bits per heavy atom. The lowest BCUT2D eigenvalue weighted by Crippen LogP contribution is -2.33. The zero-order valence-corrected chi connectivity index (χ0v) is 6.55. The van der Waals surface area contributed by atoms with E-state index in [0.717, 1.165) is 4.90 Å². The number of halogens is 2. The first-order valence-corrected chi connectivity index (χ1v) is 3.51. The summed E-state index contributed by atoms with van der Waals surface area (Å²) in [5.74, 6) is -3.37. The van der Waals surface area contributed by atoms with Gasteiger partial charge in [0.2, 0.25) is 5.91 Å². The van der Waals surface area contributed by atoms with Crippen molar-refractivity contribution in [3.63, 3.8) is 0 Å². The van der Waals surface area contributed by atoms with Gasteiger partial charge in [-0.25, -0.2) is 8.78 Å². The number of amides is 1. The highest BCUT2D eigenvalue weighted by molar-refractivity contribution is 5.74. The summed E-state index contributed by atoms with van der Waals surface area (Å²) < 4.78 is 25.3. The van der Waals surface area contributed by atoms with E-state index in [4.69, 9.17) is 5.26 Å². The van der Waals surface area contributed by atoms with E-state index in [1.54, 1.807) is 6.07 Å². The zero-order valence-electron chi connectivity index (χ0n) is 6.55. The molecule has 0 aromatic rings. The monoisotopic (exact) mass is 174 g/mol. The number of alkyl halides is 2. The van der Waals surface area contributed by atoms with E-state index in [9.17, 15) is 13.6 Å². The van der Waals surface area contributed by atoms with E-state index in [-0.39, 0.29) is 0 Å². The molecule has 1 atom stereocenters. The number of hydrogen-bond donors (Lipinski definition) is 0. The number of likely N-dealkylation sites (tertiary alicyclic amines) is 1. The third kappa shape index (κ3) is 1.52. The van der Waals surface area contributed by atoms with Gasteiger partial charge in [-0.1, -0.05) is 0 Å². The molecule has 12 heavy (non-hydrogen) atoms. The minimum Gasteiger partial charge on any atom is -0.321 e. The lowest BCUT2D eigenvalue weighted by atomic mass is 10.2. The van der Waals surface area contributed by atoms with E-state index in [0.29, 0.717) is 0 Å². The van der Waals surface area contributed by atoms with Crippen LogP contribution in [-0.2, 0) is 4.79 Å². The summed E-state index contributed by atoms with van der Waals surface area (Å²) in [6.07, 6.45) is -0.539. The van der Waals surface area contributed by atoms with Crippen molar-refractivity contribution in [2.24, 2.45) is 0 Å². The number of carbonyl (C=O) groups excluding carboxylic acids is 1. The molecule has 1 saturated heterocycles. The molecular weight excluding hydrogens is 166 g/mol. The average Bonchev–Trinajstić information content (AvgIpc) is 2.25. The van der Waals surface area contributed by atoms with Gasteiger partial charge in [0.05, 0.1) is 12.6 Å². The van der Waals surface area contributed by atoms with Crippen LogP contribution in [-0.4, -0.2) is 29.3 Å². The summed E-state index contributed by atoms with van der Waals surface area (Å²) in [7, 11) is 0. The highest BCUT2D eigenvalue weighted by atomic mass is 19.3. The molecule has 5 heteroatoms. The van der Waals surface area contributed by atoms with Crippen LogP contribution >= 0.6 is 0 Å². The molecule has 1 aliphatic heterocycles. The summed E-state index contributed by atoms with van der Waals surface area (Å²) in [6, 6.07) is 0.715. The van der Waals surface area contributed by atoms with Crippen LogP contribution in [0.4, 0.5) is 8.78 Å². The van der Waals surface area contributed by atoms with Gasteiger partial charge >= 0.3 is 0 Å². The van der Waals surface area contributed by atoms with E-state index in [2.05, 4.69) is 0 Å². The topological polar surface area (TPSA) is 44.1 Å². The number of hydrogen-bond acceptors (Lipinski definition) is 2. The third-order valence-electron chi connectivity index (χ3n) is 1.82. The van der Waals surface area contributed by atoms with Gasteiger partial charge in [0.25, 0.3) is 5.92 Å². The largest absolute Gasteiger partial charge is 0.321 e. The maximum atomic E-state index is 12.6. The smallest absolute Gasteiger partial charge is 0.268 e. The summed E-state index contributed by atoms with van der Waals surface area (Å²) in [6.45, 7) is 0.562. The molecule has 1 aliphatic rings. The Morgan fingerprint density at radius 2 is 2.33 bits per heavy atom. The molecule has 0 saturated carbocycles. The van der Waals surface area contributed by atoms with Crippen LogP contribution in [0.25, 0.3) is 0 Å². The van der Waals surface area contributed by atoms with Gasteiger partial charge in [-0.3, -0.25) is 4.79 Å². The molecule has 0 bridgehead atoms. The fraction of sp³-hybridized carbons (Fsp3) is 0.714. The molecule has 1 rings (SSSR count). The van der Waals surface area contributed by atoms with Crippen molar-refractivity contribution < 1.29 is 13.6 Å². The molecule has 0 spiro atoms. The van der Waals surface area contributed by atoms with Crippen molar-refractivity contribution in [3.8, 4) is 6.07 Å². The van der Waals surface area contributed by atoms with Crippen LogP contribution in [0.5, 0.6) is 0 Å². The van der Waals surface area contributed by atoms with Crippen molar-refractivity contribution in [2.45, 2.75) is 25.3 Å². The molecule has 1 unspecified atom stereocenters. The quantitative estimate of drug-likeness (QED) is 0.544. The van der Waals surface area contributed by atoms with Crippen molar-refractivity contribution in [1.82, 2.24) is 4.90 Å². The summed E-state index contributed by atoms with van der Waals surface area (Å²) in [4.78, 5) is 11.6. The average molecular weight is 174 g/mol. The first kappa shape index (κ1) is 8.91. The molecule has 0 aliphatic carbocycles. The lowest BCUT2D eigenvalue weighted by Gasteiger charge is -2.15. The number of nitrogens with zero attached hydrogens (tertiary/aromatic N) is 2. The van der Waals surface area contributed by atoms with E-state index >= 15 is 0 Å². The summed E-state index contributed by atoms with van der Waals surface area (Å²) >= 11 is 0. The Kier molecular flexibility index (Phi) is 2.01. The molecule has 1 heterocycles. The zero-order chi connectivity index (χ0) is 9.35. The predicted molar refractivity (Wildman–Crippen MR) is 36.4 cm³/mol. The van der Waals surface area contributed by atoms with Crippen LogP contribution in [0.1, 0.15) is 13.3 Å². The lowest BCUT2D eigenvalue weighted by molar-refractivity contribution is -0.130. The molecule has 1 amide bonds. The number of nitriles is 1. The highest BCUT2D eigenvalue weighted by Gasteiger charge is 2.46. The Bertz CT molecular complexity index is 246. The second-order valence-electron chi connectivity index (χ2n) is 2.85. The Hall–Kier alpha value is -1.18. The van der Waals surface area contributed by atoms with Crippen molar-refractivity contribution in [1.29, 1.82) is 5.26 Å². The van der Waals surface area contributed by atoms with Gasteiger partial charge in [-0.05, 0) is 0 Å². The molecule has 0 aromatic heterocycles. The van der Waals surface area contributed by atoms with Crippen LogP contribution in [0, 0.1) is 11.3 Å². The van der Waals surface area contributed by atoms with E-state index in [1.165, 1.54) is 6.92 Å². The fourth-order valence-electron chi connectivity index (χ4n) is 1.26. The first-order chi connectivity index (χ1) is 5.46. The minimum absolute atomic E-state index is 0.473. The third-order valence-corrected chi connectivity index (χ3v) is 1.82. The van der Waals surface area contributed by atoms with Crippen LogP contribution in [0.3, 0.4) is 0 Å². The van der Waals surface area contributed by atoms with Crippen molar-refractivity contribution >= 4 is 5.91 Å². The van der Waals surface area contributed by atoms with Gasteiger partial charge in [0.1, 0.15) is 6.04 Å². The van der Waals surface area contributed by atoms with Gasteiger partial charge in [0.15, 0.2) is 0 Å². The summed E-state index contributed by atoms with van der Waals surface area (Å²) in [5, 5.41) is 8.44. The molecular formula is C7H8F2N2O.